The minimum atomic E-state index is -1.09. The molecule has 0 rings (SSSR count). The van der Waals surface area contributed by atoms with Crippen LogP contribution in [0.3, 0.4) is 0 Å². The Kier molecular flexibility index (Phi) is 17.7. The van der Waals surface area contributed by atoms with E-state index in [-0.39, 0.29) is 0 Å². The molecule has 0 aliphatic rings. The zero-order valence-corrected chi connectivity index (χ0v) is 19.4. The first-order valence-corrected chi connectivity index (χ1v) is 14.6. The topological polar surface area (TPSA) is 0 Å². The van der Waals surface area contributed by atoms with Crippen LogP contribution in [0.2, 0.25) is 0 Å². The van der Waals surface area contributed by atoms with Crippen LogP contribution in [0.4, 0.5) is 0 Å². The summed E-state index contributed by atoms with van der Waals surface area (Å²) >= 11 is 0. The van der Waals surface area contributed by atoms with Crippen molar-refractivity contribution >= 4 is 7.26 Å². The van der Waals surface area contributed by atoms with Gasteiger partial charge in [0.05, 0.1) is 0 Å². The van der Waals surface area contributed by atoms with Crippen LogP contribution in [0.15, 0.2) is 12.2 Å². The van der Waals surface area contributed by atoms with Gasteiger partial charge in [-0.05, 0) is 0 Å². The summed E-state index contributed by atoms with van der Waals surface area (Å²) in [5.74, 6) is 0. The van der Waals surface area contributed by atoms with Gasteiger partial charge in [-0.15, -0.1) is 0 Å². The third-order valence-electron chi connectivity index (χ3n) is 5.86. The van der Waals surface area contributed by atoms with Crippen molar-refractivity contribution in [2.75, 3.05) is 24.6 Å². The van der Waals surface area contributed by atoms with Crippen molar-refractivity contribution < 1.29 is 0 Å². The van der Waals surface area contributed by atoms with Crippen molar-refractivity contribution in [2.45, 2.75) is 118 Å². The van der Waals surface area contributed by atoms with Gasteiger partial charge in [-0.25, -0.2) is 0 Å². The van der Waals surface area contributed by atoms with Gasteiger partial charge >= 0.3 is 162 Å². The molecular weight excluding hydrogens is 319 g/mol. The summed E-state index contributed by atoms with van der Waals surface area (Å²) in [5, 5.41) is 0. The fourth-order valence-corrected chi connectivity index (χ4v) is 10.1. The van der Waals surface area contributed by atoms with Crippen LogP contribution in [-0.2, 0) is 0 Å². The minimum absolute atomic E-state index is 1.09. The molecule has 0 aromatic carbocycles. The Labute approximate surface area is 162 Å². The number of rotatable bonds is 19. The van der Waals surface area contributed by atoms with E-state index in [9.17, 15) is 0 Å². The van der Waals surface area contributed by atoms with E-state index < -0.39 is 7.26 Å². The van der Waals surface area contributed by atoms with Gasteiger partial charge in [-0.3, -0.25) is 0 Å². The molecule has 0 atom stereocenters. The van der Waals surface area contributed by atoms with Crippen molar-refractivity contribution in [2.24, 2.45) is 0 Å². The van der Waals surface area contributed by atoms with E-state index in [1.165, 1.54) is 102 Å². The third-order valence-corrected chi connectivity index (χ3v) is 11.5. The fraction of sp³-hybridized carbons (Fsp3) is 0.917. The summed E-state index contributed by atoms with van der Waals surface area (Å²) in [7, 11) is -1.09. The molecular formula is C24H51P. The second-order valence-electron chi connectivity index (χ2n) is 8.77. The molecule has 0 aromatic rings. The Balaban J connectivity index is 4.08. The molecule has 0 unspecified atom stereocenters. The molecule has 0 nitrogen and oxygen atoms in total. The number of hydrogen-bond acceptors (Lipinski definition) is 0. The SMILES string of the molecule is C=C(C)C[PH](CCCC)(CCCC)CCCCCCCCCCCC. The molecule has 0 spiro atoms. The van der Waals surface area contributed by atoms with Crippen molar-refractivity contribution in [3.05, 3.63) is 12.2 Å². The summed E-state index contributed by atoms with van der Waals surface area (Å²) in [6, 6.07) is 0. The Morgan fingerprint density at radius 3 is 1.32 bits per heavy atom. The van der Waals surface area contributed by atoms with Crippen LogP contribution in [-0.4, -0.2) is 24.6 Å². The molecule has 0 saturated carbocycles. The number of allylic oxidation sites excluding steroid dienone is 1. The average molecular weight is 371 g/mol. The molecule has 0 saturated heterocycles. The summed E-state index contributed by atoms with van der Waals surface area (Å²) in [5.41, 5.74) is 1.46. The van der Waals surface area contributed by atoms with Crippen molar-refractivity contribution in [3.63, 3.8) is 0 Å². The van der Waals surface area contributed by atoms with Gasteiger partial charge in [0.25, 0.3) is 0 Å². The van der Waals surface area contributed by atoms with E-state index in [1.807, 2.05) is 0 Å². The van der Waals surface area contributed by atoms with Gasteiger partial charge in [-0.1, -0.05) is 0 Å². The normalized spacial score (nSPS) is 12.5. The van der Waals surface area contributed by atoms with Crippen LogP contribution >= 0.6 is 7.26 Å². The van der Waals surface area contributed by atoms with Gasteiger partial charge in [0.2, 0.25) is 0 Å². The first-order chi connectivity index (χ1) is 12.1. The summed E-state index contributed by atoms with van der Waals surface area (Å²) in [4.78, 5) is 0. The van der Waals surface area contributed by atoms with Crippen LogP contribution in [0, 0.1) is 0 Å². The average Bonchev–Trinajstić information content (AvgIpc) is 2.59. The molecule has 25 heavy (non-hydrogen) atoms. The van der Waals surface area contributed by atoms with E-state index in [2.05, 4.69) is 34.3 Å². The van der Waals surface area contributed by atoms with E-state index in [4.69, 9.17) is 0 Å². The number of unbranched alkanes of at least 4 members (excludes halogenated alkanes) is 11. The Morgan fingerprint density at radius 1 is 0.560 bits per heavy atom. The first kappa shape index (κ1) is 25.2. The number of hydrogen-bond donors (Lipinski definition) is 0. The molecule has 0 heterocycles. The Morgan fingerprint density at radius 2 is 0.920 bits per heavy atom. The molecule has 0 aliphatic carbocycles. The fourth-order valence-electron chi connectivity index (χ4n) is 4.37. The molecule has 0 N–H and O–H groups in total. The van der Waals surface area contributed by atoms with Gasteiger partial charge in [-0.2, -0.15) is 0 Å². The summed E-state index contributed by atoms with van der Waals surface area (Å²) in [6.45, 7) is 13.6. The molecule has 1 heteroatoms. The summed E-state index contributed by atoms with van der Waals surface area (Å²) in [6.07, 6.45) is 26.4. The van der Waals surface area contributed by atoms with E-state index in [0.29, 0.717) is 0 Å². The van der Waals surface area contributed by atoms with Crippen molar-refractivity contribution in [1.82, 2.24) is 0 Å². The zero-order valence-electron chi connectivity index (χ0n) is 18.4. The van der Waals surface area contributed by atoms with Gasteiger partial charge in [0.1, 0.15) is 0 Å². The van der Waals surface area contributed by atoms with Crippen LogP contribution in [0.1, 0.15) is 118 Å². The van der Waals surface area contributed by atoms with Crippen LogP contribution in [0.25, 0.3) is 0 Å². The second-order valence-corrected chi connectivity index (χ2v) is 13.6. The molecule has 152 valence electrons. The van der Waals surface area contributed by atoms with Crippen molar-refractivity contribution in [3.8, 4) is 0 Å². The molecule has 0 amide bonds. The first-order valence-electron chi connectivity index (χ1n) is 11.7. The van der Waals surface area contributed by atoms with Gasteiger partial charge < -0.3 is 0 Å². The van der Waals surface area contributed by atoms with Gasteiger partial charge in [0, 0.05) is 0 Å². The molecule has 0 aliphatic heterocycles. The van der Waals surface area contributed by atoms with E-state index >= 15 is 0 Å². The summed E-state index contributed by atoms with van der Waals surface area (Å²) < 4.78 is 0. The van der Waals surface area contributed by atoms with E-state index in [0.717, 1.165) is 0 Å². The van der Waals surface area contributed by atoms with Crippen molar-refractivity contribution in [1.29, 1.82) is 0 Å². The maximum atomic E-state index is 4.29. The monoisotopic (exact) mass is 370 g/mol. The second kappa shape index (κ2) is 17.6. The quantitative estimate of drug-likeness (QED) is 0.121. The Hall–Kier alpha value is 0.170. The van der Waals surface area contributed by atoms with Crippen LogP contribution < -0.4 is 0 Å². The van der Waals surface area contributed by atoms with Gasteiger partial charge in [0.15, 0.2) is 0 Å². The standard InChI is InChI=1S/C24H51P/c1-6-9-12-13-14-15-16-17-18-19-22-25(20-10-7-2,21-11-8-3)23-24(4)5/h25H,4,6-23H2,1-3,5H3. The Bertz CT molecular complexity index is 286. The maximum absolute atomic E-state index is 4.29. The molecule has 0 radical (unpaired) electrons. The molecule has 0 fully saturated rings. The zero-order chi connectivity index (χ0) is 18.8. The predicted molar refractivity (Wildman–Crippen MR) is 124 cm³/mol. The molecule has 0 aromatic heterocycles. The predicted octanol–water partition coefficient (Wildman–Crippen LogP) is 8.83. The molecule has 0 bridgehead atoms. The van der Waals surface area contributed by atoms with Crippen LogP contribution in [0.5, 0.6) is 0 Å². The van der Waals surface area contributed by atoms with E-state index in [1.54, 1.807) is 18.5 Å². The third kappa shape index (κ3) is 15.0.